The summed E-state index contributed by atoms with van der Waals surface area (Å²) in [5.74, 6) is -15.8. The molecule has 11 aliphatic rings. The van der Waals surface area contributed by atoms with Crippen molar-refractivity contribution in [2.24, 2.45) is 11.8 Å². The van der Waals surface area contributed by atoms with E-state index < -0.39 is 463 Å². The van der Waals surface area contributed by atoms with Crippen molar-refractivity contribution in [3.8, 4) is 0 Å². The van der Waals surface area contributed by atoms with Crippen LogP contribution in [0.25, 0.3) is 0 Å². The Morgan fingerprint density at radius 2 is 0.605 bits per heavy atom. The SMILES string of the molecule is BOCC1OC(C)[C@@H](NC(C)=O)[C@@H](O)[C@@H]1OC1OC(CO)[C@@H](OC2OC(COC3OC(CO)[C@@H](O)[C@H](O)[C@H]3OC3OC(CO)[C@@H](OC4OC(COC5(C(=O)O)C[C@@H](O)[C@@H](C)C(C(O)[C@H](O)CO)O5)[C@H](O)[C@H](O)[C@@H]4O)[C@H](O)[C@@H]3NC(C)=O)[C@@H](O)[C@H](O[C@@H]3OC(CO)C(O)[C@H](O)[C@@H]3OC3OC(CO)[C@@H](OC4OC(COC5(C(=O)O)C[C@@H](O)[C@@H](C)C(C(O)[C@H](O)CO)O5)[C@H](O)[C@H](O)[C@@H]4O)[C@H](O)[C@@H]3NC(C)=O)[C@H]2O)[C@H](O)[C@@H]1NC(C)=O. The number of carbonyl (C=O) groups excluding carboxylic acids is 4. The Kier molecular flexibility index (Phi) is 43.7. The number of ether oxygens (including phenoxy) is 21. The first kappa shape index (κ1) is 122. The van der Waals surface area contributed by atoms with Crippen LogP contribution in [-0.2, 0) is 133 Å². The lowest BCUT2D eigenvalue weighted by atomic mass is 9.84. The monoisotopic (exact) mass is 2150 g/mol. The predicted molar refractivity (Wildman–Crippen MR) is 460 cm³/mol. The highest BCUT2D eigenvalue weighted by atomic mass is 16.8. The molecule has 147 heavy (non-hydrogen) atoms. The molecule has 35 N–H and O–H groups in total. The molecule has 848 valence electrons. The largest absolute Gasteiger partial charge is 0.477 e. The molecule has 4 amide bonds. The lowest BCUT2D eigenvalue weighted by Crippen LogP contribution is -2.71. The summed E-state index contributed by atoms with van der Waals surface area (Å²) >= 11 is 0. The summed E-state index contributed by atoms with van der Waals surface area (Å²) in [5.41, 5.74) is 0. The number of carbonyl (C=O) groups is 6. The number of aliphatic carboxylic acids is 2. The molecule has 63 nitrogen and oxygen atoms in total. The van der Waals surface area contributed by atoms with Gasteiger partial charge in [0.15, 0.2) is 50.3 Å². The zero-order chi connectivity index (χ0) is 109. The molecule has 11 heterocycles. The maximum Gasteiger partial charge on any atom is 0.364 e. The third-order valence-corrected chi connectivity index (χ3v) is 27.7. The molecular formula is C83H139BN4O59. The van der Waals surface area contributed by atoms with Gasteiger partial charge in [0.2, 0.25) is 23.6 Å². The molecule has 11 rings (SSSR count). The number of nitrogens with one attached hydrogen (secondary N) is 4. The third kappa shape index (κ3) is 27.0. The van der Waals surface area contributed by atoms with Crippen molar-refractivity contribution in [1.82, 2.24) is 21.3 Å². The molecule has 11 aliphatic heterocycles. The minimum atomic E-state index is -2.96. The second kappa shape index (κ2) is 52.6. The Labute approximate surface area is 835 Å². The first-order valence-electron chi connectivity index (χ1n) is 47.3. The number of hydrogen-bond donors (Lipinski definition) is 35. The zero-order valence-corrected chi connectivity index (χ0v) is 80.2. The van der Waals surface area contributed by atoms with E-state index in [9.17, 15) is 187 Å². The second-order valence-corrected chi connectivity index (χ2v) is 38.0. The maximum atomic E-state index is 13.3. The summed E-state index contributed by atoms with van der Waals surface area (Å²) in [7, 11) is 1.26. The molecule has 24 unspecified atom stereocenters. The fraction of sp³-hybridized carbons (Fsp3) is 0.928. The number of hydrogen-bond acceptors (Lipinski definition) is 57. The van der Waals surface area contributed by atoms with Gasteiger partial charge in [0, 0.05) is 52.4 Å². The smallest absolute Gasteiger partial charge is 0.364 e. The molecule has 57 atom stereocenters. The Morgan fingerprint density at radius 3 is 0.952 bits per heavy atom. The van der Waals surface area contributed by atoms with Gasteiger partial charge in [-0.1, -0.05) is 13.8 Å². The number of aliphatic hydroxyl groups excluding tert-OH is 29. The summed E-state index contributed by atoms with van der Waals surface area (Å²) in [6.45, 7) is -4.37. The Bertz CT molecular complexity index is 4170. The van der Waals surface area contributed by atoms with Crippen molar-refractivity contribution in [2.75, 3.05) is 72.7 Å². The van der Waals surface area contributed by atoms with E-state index in [2.05, 4.69) is 21.3 Å². The summed E-state index contributed by atoms with van der Waals surface area (Å²) < 4.78 is 132. The summed E-state index contributed by atoms with van der Waals surface area (Å²) in [6, 6.07) is -7.33. The minimum absolute atomic E-state index is 0.319. The van der Waals surface area contributed by atoms with E-state index >= 15 is 0 Å². The third-order valence-electron chi connectivity index (χ3n) is 27.7. The van der Waals surface area contributed by atoms with Gasteiger partial charge in [-0.2, -0.15) is 0 Å². The van der Waals surface area contributed by atoms with Crippen LogP contribution in [0.4, 0.5) is 0 Å². The van der Waals surface area contributed by atoms with Crippen LogP contribution in [0.1, 0.15) is 61.3 Å². The molecule has 0 aromatic heterocycles. The van der Waals surface area contributed by atoms with Crippen LogP contribution in [-0.4, -0.2) is 611 Å². The minimum Gasteiger partial charge on any atom is -0.477 e. The van der Waals surface area contributed by atoms with Gasteiger partial charge >= 0.3 is 11.9 Å². The number of carboxylic acid groups (broad SMARTS) is 2. The van der Waals surface area contributed by atoms with Crippen molar-refractivity contribution in [3.63, 3.8) is 0 Å². The quantitative estimate of drug-likeness (QED) is 0.0252. The maximum absolute atomic E-state index is 13.3. The highest BCUT2D eigenvalue weighted by Crippen LogP contribution is 2.45. The number of rotatable bonds is 42. The van der Waals surface area contributed by atoms with Gasteiger partial charge in [-0.25, -0.2) is 9.59 Å². The molecule has 0 aliphatic carbocycles. The van der Waals surface area contributed by atoms with E-state index in [0.717, 1.165) is 27.7 Å². The Balaban J connectivity index is 0.891. The summed E-state index contributed by atoms with van der Waals surface area (Å²) in [5, 5.41) is 359. The average molecular weight is 2150 g/mol. The molecule has 0 spiro atoms. The second-order valence-electron chi connectivity index (χ2n) is 38.0. The van der Waals surface area contributed by atoms with Crippen molar-refractivity contribution in [1.29, 1.82) is 0 Å². The Morgan fingerprint density at radius 1 is 0.313 bits per heavy atom. The van der Waals surface area contributed by atoms with E-state index in [1.54, 1.807) is 0 Å². The van der Waals surface area contributed by atoms with Crippen molar-refractivity contribution < 1.29 is 291 Å². The first-order valence-corrected chi connectivity index (χ1v) is 47.3. The molecule has 64 heteroatoms. The summed E-state index contributed by atoms with van der Waals surface area (Å²) in [4.78, 5) is 78.2. The molecule has 0 saturated carbocycles. The fourth-order valence-electron chi connectivity index (χ4n) is 19.4. The first-order chi connectivity index (χ1) is 69.2. The van der Waals surface area contributed by atoms with Crippen LogP contribution in [0, 0.1) is 11.8 Å². The summed E-state index contributed by atoms with van der Waals surface area (Å²) in [6.07, 6.45) is -106. The molecular weight excluding hydrogens is 2010 g/mol. The predicted octanol–water partition coefficient (Wildman–Crippen LogP) is -22.8. The molecule has 0 bridgehead atoms. The van der Waals surface area contributed by atoms with E-state index in [-0.39, 0.29) is 6.61 Å². The lowest BCUT2D eigenvalue weighted by Gasteiger charge is -2.51. The highest BCUT2D eigenvalue weighted by Gasteiger charge is 2.65. The van der Waals surface area contributed by atoms with Gasteiger partial charge in [-0.3, -0.25) is 19.2 Å². The van der Waals surface area contributed by atoms with E-state index in [1.165, 1.54) is 28.8 Å². The topological polar surface area (TPSA) is 981 Å². The van der Waals surface area contributed by atoms with Gasteiger partial charge in [0.1, 0.15) is 238 Å². The van der Waals surface area contributed by atoms with Crippen LogP contribution in [0.15, 0.2) is 0 Å². The number of carboxylic acids is 2. The van der Waals surface area contributed by atoms with E-state index in [1.807, 2.05) is 0 Å². The van der Waals surface area contributed by atoms with E-state index in [4.69, 9.17) is 104 Å². The van der Waals surface area contributed by atoms with Crippen LogP contribution < -0.4 is 21.3 Å². The number of aliphatic hydroxyl groups is 29. The molecule has 0 aromatic carbocycles. The van der Waals surface area contributed by atoms with Crippen molar-refractivity contribution in [2.45, 2.75) is 398 Å². The normalized spacial score (nSPS) is 47.3. The van der Waals surface area contributed by atoms with Gasteiger partial charge in [-0.05, 0) is 6.92 Å². The van der Waals surface area contributed by atoms with Gasteiger partial charge in [-0.15, -0.1) is 0 Å². The van der Waals surface area contributed by atoms with Crippen LogP contribution >= 0.6 is 0 Å². The standard InChI is InChI=1S/C83H139BN4O59/c1-21-28(100)8-82(80(122)123,146-63(21)45(104)30(102)10-89)127-18-38-49(108)56(115)60(119)75(137-38)140-65-34(14-93)134-73(43(54(65)113)87-26(6)98)144-70-58(117)47(106)32(12-91)131-78(70)126-17-37-51(110)69(62(121)77(136-37)142-67-36(16-95)133-72(42(53(67)112)86-25(5)97)139-68-40(20-129-84)130-23(3)41(52(68)111)85-24(4)96)143-79-71(59(118)48(107)33(13-92)132-79)145-74-44(88-27(7)99)55(114)66(35(15-94)135-74)141-76-61(120)57(116)50(109)39(138-76)19-128-83(81(124)125)9-29(101)22(2)64(147-83)46(105)31(103)11-90/h21-23,28-79,89-95,100-121H,8-20,84H2,1-7H3,(H,85,96)(H,86,97)(H,87,98)(H,88,99)(H,122,123)(H,124,125)/t21-,22-,23?,28-,29-,30-,31-,32?,33?,34?,35?,36?,37?,38?,39?,40?,41-,42+,43+,44+,45?,46?,47-,48?,49+,50+,51-,52-,53-,54-,55-,56+,57+,58+,59+,60+,61+,62-,63?,64?,65-,66-,67-,68-,69+,70-,71+,72?,73?,74?,75?,76?,77?,78?,79+,82?,83?/m1/s1. The molecule has 11 fully saturated rings. The van der Waals surface area contributed by atoms with Crippen LogP contribution in [0.5, 0.6) is 0 Å². The van der Waals surface area contributed by atoms with E-state index in [0.29, 0.717) is 0 Å². The zero-order valence-electron chi connectivity index (χ0n) is 80.2. The molecule has 0 radical (unpaired) electrons. The molecule has 0 aromatic rings. The highest BCUT2D eigenvalue weighted by molar-refractivity contribution is 5.98. The lowest BCUT2D eigenvalue weighted by molar-refractivity contribution is -0.399. The average Bonchev–Trinajstić information content (AvgIpc) is 0.759. The number of amides is 4. The van der Waals surface area contributed by atoms with Crippen molar-refractivity contribution in [3.05, 3.63) is 0 Å². The van der Waals surface area contributed by atoms with Crippen molar-refractivity contribution >= 4 is 43.6 Å². The van der Waals surface area contributed by atoms with Gasteiger partial charge in [0.25, 0.3) is 19.6 Å². The molecule has 11 saturated heterocycles. The van der Waals surface area contributed by atoms with Gasteiger partial charge < -0.3 is 284 Å². The van der Waals surface area contributed by atoms with Crippen LogP contribution in [0.3, 0.4) is 0 Å². The van der Waals surface area contributed by atoms with Crippen LogP contribution in [0.2, 0.25) is 0 Å². The van der Waals surface area contributed by atoms with Gasteiger partial charge in [0.05, 0.1) is 109 Å². The fourth-order valence-corrected chi connectivity index (χ4v) is 19.4. The Hall–Kier alpha value is -5.16.